The van der Waals surface area contributed by atoms with Crippen molar-refractivity contribution in [3.8, 4) is 0 Å². The van der Waals surface area contributed by atoms with E-state index in [1.54, 1.807) is 34.0 Å². The zero-order chi connectivity index (χ0) is 56.0. The van der Waals surface area contributed by atoms with Gasteiger partial charge in [-0.1, -0.05) is 40.5 Å². The second-order valence-electron chi connectivity index (χ2n) is 18.0. The number of rotatable bonds is 38. The molecule has 418 valence electrons. The van der Waals surface area contributed by atoms with Crippen molar-refractivity contribution in [1.29, 1.82) is 0 Å². The molecule has 0 saturated carbocycles. The van der Waals surface area contributed by atoms with E-state index in [1.807, 2.05) is 0 Å². The summed E-state index contributed by atoms with van der Waals surface area (Å²) in [5, 5.41) is 60.9. The Labute approximate surface area is 430 Å². The third-order valence-corrected chi connectivity index (χ3v) is 12.1. The standard InChI is InChI=1S/C45H82N12O15S/c1-8-24(4)35(55-32(60)21-49-39(65)28(14-10-12-19-47)53-40(66)29(15-16-33(61)62)52-38(64)27(48)13-9-11-18-46)43(69)57-36(26(6)59)44(70)50-25(5)37(63)51-30(17-20-73-7)41(67)54-31(22-58)42(68)56-34(23(2)3)45(71)72/h23-31,34-36,58-59H,8-22,46-48H2,1-7H3,(H,49,65)(H,50,70)(H,51,63)(H,52,64)(H,53,66)(H,54,67)(H,55,60)(H,56,68)(H,57,69)(H,61,62)(H,71,72)/t24-,25-,26+,27-,28-,29-,30-,31-,34-,35-,36-/m0/s1. The zero-order valence-electron chi connectivity index (χ0n) is 43.0. The number of carbonyl (C=O) groups excluding carboxylic acids is 9. The van der Waals surface area contributed by atoms with E-state index in [2.05, 4.69) is 47.9 Å². The number of aliphatic hydroxyl groups is 2. The minimum absolute atomic E-state index is 0.0256. The van der Waals surface area contributed by atoms with Gasteiger partial charge in [0.25, 0.3) is 0 Å². The predicted octanol–water partition coefficient (Wildman–Crippen LogP) is -4.64. The summed E-state index contributed by atoms with van der Waals surface area (Å²) in [4.78, 5) is 143. The Bertz CT molecular complexity index is 1830. The Morgan fingerprint density at radius 2 is 1.04 bits per heavy atom. The number of nitrogens with two attached hydrogens (primary N) is 3. The first kappa shape index (κ1) is 67.3. The van der Waals surface area contributed by atoms with Crippen LogP contribution < -0.4 is 65.1 Å². The van der Waals surface area contributed by atoms with Crippen LogP contribution in [0.1, 0.15) is 106 Å². The molecular formula is C45H82N12O15S. The maximum atomic E-state index is 13.7. The van der Waals surface area contributed by atoms with Crippen LogP contribution in [0.2, 0.25) is 0 Å². The van der Waals surface area contributed by atoms with Gasteiger partial charge in [0.1, 0.15) is 48.3 Å². The molecule has 11 atom stereocenters. The van der Waals surface area contributed by atoms with E-state index in [1.165, 1.54) is 25.6 Å². The highest BCUT2D eigenvalue weighted by Crippen LogP contribution is 2.11. The fraction of sp³-hybridized carbons (Fsp3) is 0.756. The molecule has 0 aromatic carbocycles. The Balaban J connectivity index is 6.02. The first-order valence-corrected chi connectivity index (χ1v) is 25.8. The van der Waals surface area contributed by atoms with Gasteiger partial charge in [-0.2, -0.15) is 11.8 Å². The lowest BCUT2D eigenvalue weighted by molar-refractivity contribution is -0.144. The van der Waals surface area contributed by atoms with Gasteiger partial charge < -0.3 is 85.5 Å². The molecule has 0 aliphatic heterocycles. The van der Waals surface area contributed by atoms with Crippen LogP contribution in [0, 0.1) is 11.8 Å². The van der Waals surface area contributed by atoms with Gasteiger partial charge in [0.15, 0.2) is 0 Å². The fourth-order valence-electron chi connectivity index (χ4n) is 6.76. The highest BCUT2D eigenvalue weighted by molar-refractivity contribution is 7.98. The predicted molar refractivity (Wildman–Crippen MR) is 268 cm³/mol. The maximum Gasteiger partial charge on any atom is 0.326 e. The summed E-state index contributed by atoms with van der Waals surface area (Å²) in [6, 6.07) is -12.3. The number of hydrogen-bond acceptors (Lipinski definition) is 17. The highest BCUT2D eigenvalue weighted by atomic mass is 32.2. The molecular weight excluding hydrogens is 981 g/mol. The number of carboxylic acid groups (broad SMARTS) is 2. The topological polar surface area (TPSA) is 455 Å². The van der Waals surface area contributed by atoms with E-state index >= 15 is 0 Å². The van der Waals surface area contributed by atoms with E-state index in [-0.39, 0.29) is 32.2 Å². The van der Waals surface area contributed by atoms with Crippen LogP contribution in [0.25, 0.3) is 0 Å². The van der Waals surface area contributed by atoms with Gasteiger partial charge in [-0.25, -0.2) is 4.79 Å². The van der Waals surface area contributed by atoms with Crippen LogP contribution in [0.5, 0.6) is 0 Å². The molecule has 27 nitrogen and oxygen atoms in total. The number of aliphatic hydroxyl groups excluding tert-OH is 2. The molecule has 0 aromatic rings. The third-order valence-electron chi connectivity index (χ3n) is 11.5. The lowest BCUT2D eigenvalue weighted by atomic mass is 9.97. The van der Waals surface area contributed by atoms with Crippen LogP contribution in [-0.2, 0) is 52.7 Å². The molecule has 28 heteroatoms. The maximum absolute atomic E-state index is 13.7. The lowest BCUT2D eigenvalue weighted by Crippen LogP contribution is -2.61. The summed E-state index contributed by atoms with van der Waals surface area (Å²) >= 11 is 1.32. The van der Waals surface area contributed by atoms with Crippen LogP contribution in [0.3, 0.4) is 0 Å². The molecule has 0 radical (unpaired) electrons. The highest BCUT2D eigenvalue weighted by Gasteiger charge is 2.36. The lowest BCUT2D eigenvalue weighted by Gasteiger charge is -2.28. The number of amides is 9. The zero-order valence-corrected chi connectivity index (χ0v) is 43.8. The average molecular weight is 1060 g/mol. The van der Waals surface area contributed by atoms with Gasteiger partial charge in [0, 0.05) is 6.42 Å². The van der Waals surface area contributed by atoms with Crippen LogP contribution >= 0.6 is 11.8 Å². The summed E-state index contributed by atoms with van der Waals surface area (Å²) in [6.45, 7) is 7.88. The summed E-state index contributed by atoms with van der Waals surface area (Å²) in [7, 11) is 0. The fourth-order valence-corrected chi connectivity index (χ4v) is 7.23. The monoisotopic (exact) mass is 1060 g/mol. The SMILES string of the molecule is CC[C@H](C)[C@H](NC(=O)CNC(=O)[C@H](CCCCN)NC(=O)[C@H](CCC(=O)O)NC(=O)[C@@H](N)CCCCN)C(=O)N[C@H](C(=O)N[C@@H](C)C(=O)N[C@@H](CCSC)C(=O)N[C@@H](CO)C(=O)N[C@H](C(=O)O)C(C)C)[C@@H](C)O. The van der Waals surface area contributed by atoms with Crippen molar-refractivity contribution < 1.29 is 73.2 Å². The quantitative estimate of drug-likeness (QED) is 0.0259. The van der Waals surface area contributed by atoms with Crippen molar-refractivity contribution in [2.45, 2.75) is 166 Å². The second-order valence-corrected chi connectivity index (χ2v) is 19.0. The minimum Gasteiger partial charge on any atom is -0.481 e. The molecule has 9 amide bonds. The summed E-state index contributed by atoms with van der Waals surface area (Å²) < 4.78 is 0. The Kier molecular flexibility index (Phi) is 33.5. The van der Waals surface area contributed by atoms with Gasteiger partial charge in [0.05, 0.1) is 25.3 Å². The van der Waals surface area contributed by atoms with Crippen molar-refractivity contribution in [3.63, 3.8) is 0 Å². The number of aliphatic carboxylic acids is 2. The van der Waals surface area contributed by atoms with Crippen molar-refractivity contribution in [3.05, 3.63) is 0 Å². The molecule has 0 heterocycles. The van der Waals surface area contributed by atoms with Crippen LogP contribution in [-0.4, -0.2) is 184 Å². The third kappa shape index (κ3) is 26.2. The van der Waals surface area contributed by atoms with Crippen LogP contribution in [0.15, 0.2) is 0 Å². The molecule has 0 fully saturated rings. The number of thioether (sulfide) groups is 1. The van der Waals surface area contributed by atoms with Crippen molar-refractivity contribution in [2.75, 3.05) is 38.2 Å². The molecule has 0 aromatic heterocycles. The number of carboxylic acids is 2. The number of hydrogen-bond donors (Lipinski definition) is 16. The molecule has 0 aliphatic carbocycles. The van der Waals surface area contributed by atoms with E-state index in [0.717, 1.165) is 0 Å². The summed E-state index contributed by atoms with van der Waals surface area (Å²) in [6.07, 6.45) is 1.89. The molecule has 73 heavy (non-hydrogen) atoms. The molecule has 0 aliphatic rings. The normalized spacial score (nSPS) is 15.7. The number of nitrogens with one attached hydrogen (secondary N) is 9. The van der Waals surface area contributed by atoms with E-state index in [9.17, 15) is 73.2 Å². The smallest absolute Gasteiger partial charge is 0.326 e. The van der Waals surface area contributed by atoms with Crippen LogP contribution in [0.4, 0.5) is 0 Å². The van der Waals surface area contributed by atoms with Crippen molar-refractivity contribution in [2.24, 2.45) is 29.0 Å². The second kappa shape index (κ2) is 36.3. The molecule has 0 spiro atoms. The molecule has 0 rings (SSSR count). The Morgan fingerprint density at radius 1 is 0.548 bits per heavy atom. The summed E-state index contributed by atoms with van der Waals surface area (Å²) in [5.41, 5.74) is 17.1. The molecule has 0 bridgehead atoms. The Morgan fingerprint density at radius 3 is 1.55 bits per heavy atom. The van der Waals surface area contributed by atoms with Gasteiger partial charge in [-0.15, -0.1) is 0 Å². The number of unbranched alkanes of at least 4 members (excludes halogenated alkanes) is 2. The summed E-state index contributed by atoms with van der Waals surface area (Å²) in [5.74, 6) is -11.4. The van der Waals surface area contributed by atoms with Crippen molar-refractivity contribution in [1.82, 2.24) is 47.9 Å². The van der Waals surface area contributed by atoms with Crippen molar-refractivity contribution >= 4 is 76.9 Å². The molecule has 0 saturated heterocycles. The van der Waals surface area contributed by atoms with E-state index in [4.69, 9.17) is 17.2 Å². The molecule has 19 N–H and O–H groups in total. The number of carbonyl (C=O) groups is 11. The average Bonchev–Trinajstić information content (AvgIpc) is 3.33. The van der Waals surface area contributed by atoms with Gasteiger partial charge >= 0.3 is 11.9 Å². The Hall–Kier alpha value is -5.68. The van der Waals surface area contributed by atoms with E-state index in [0.29, 0.717) is 44.4 Å². The molecule has 0 unspecified atom stereocenters. The van der Waals surface area contributed by atoms with Gasteiger partial charge in [-0.3, -0.25) is 47.9 Å². The largest absolute Gasteiger partial charge is 0.481 e. The van der Waals surface area contributed by atoms with E-state index < -0.39 is 157 Å². The van der Waals surface area contributed by atoms with Gasteiger partial charge in [0.2, 0.25) is 53.2 Å². The first-order chi connectivity index (χ1) is 34.3. The first-order valence-electron chi connectivity index (χ1n) is 24.4. The minimum atomic E-state index is -1.69. The van der Waals surface area contributed by atoms with Gasteiger partial charge in [-0.05, 0) is 95.7 Å².